The Labute approximate surface area is 73.4 Å². The topological polar surface area (TPSA) is 12.5 Å². The predicted octanol–water partition coefficient (Wildman–Crippen LogP) is 2.76. The molecule has 1 nitrogen and oxygen atoms in total. The van der Waals surface area contributed by atoms with Gasteiger partial charge in [-0.2, -0.15) is 0 Å². The highest BCUT2D eigenvalue weighted by molar-refractivity contribution is 5.34. The first-order valence-electron chi connectivity index (χ1n) is 4.41. The van der Waals surface area contributed by atoms with Crippen LogP contribution in [0.15, 0.2) is 18.2 Å². The van der Waals surface area contributed by atoms with Gasteiger partial charge in [0.2, 0.25) is 0 Å². The van der Waals surface area contributed by atoms with Crippen LogP contribution in [0.3, 0.4) is 0 Å². The molecule has 1 aromatic rings. The van der Waals surface area contributed by atoms with Crippen LogP contribution in [0, 0.1) is 13.8 Å². The summed E-state index contributed by atoms with van der Waals surface area (Å²) in [7, 11) is 0. The molecule has 1 heteroatoms. The Bertz CT molecular complexity index is 304. The van der Waals surface area contributed by atoms with Crippen LogP contribution < -0.4 is 0 Å². The van der Waals surface area contributed by atoms with Crippen LogP contribution in [-0.2, 0) is 4.74 Å². The van der Waals surface area contributed by atoms with Gasteiger partial charge in [0.05, 0.1) is 6.10 Å². The molecule has 1 saturated heterocycles. The molecule has 1 fully saturated rings. The van der Waals surface area contributed by atoms with Crippen LogP contribution in [0.25, 0.3) is 0 Å². The van der Waals surface area contributed by atoms with E-state index in [9.17, 15) is 0 Å². The molecule has 0 aromatic heterocycles. The third-order valence-corrected chi connectivity index (χ3v) is 2.44. The summed E-state index contributed by atoms with van der Waals surface area (Å²) in [5.41, 5.74) is 4.03. The zero-order chi connectivity index (χ0) is 8.72. The molecule has 0 unspecified atom stereocenters. The van der Waals surface area contributed by atoms with E-state index in [-0.39, 0.29) is 0 Å². The minimum absolute atomic E-state index is 0.366. The fraction of sp³-hybridized carbons (Fsp3) is 0.455. The number of hydrogen-bond acceptors (Lipinski definition) is 1. The third-order valence-electron chi connectivity index (χ3n) is 2.44. The smallest absolute Gasteiger partial charge is 0.109 e. The third kappa shape index (κ3) is 1.25. The summed E-state index contributed by atoms with van der Waals surface area (Å²) in [6.45, 7) is 6.38. The molecular formula is C11H14O. The van der Waals surface area contributed by atoms with Crippen LogP contribution >= 0.6 is 0 Å². The lowest BCUT2D eigenvalue weighted by atomic mass is 10.0. The Morgan fingerprint density at radius 2 is 1.92 bits per heavy atom. The van der Waals surface area contributed by atoms with Crippen molar-refractivity contribution in [2.24, 2.45) is 0 Å². The second kappa shape index (κ2) is 2.60. The predicted molar refractivity (Wildman–Crippen MR) is 49.2 cm³/mol. The van der Waals surface area contributed by atoms with E-state index >= 15 is 0 Å². The number of benzene rings is 1. The van der Waals surface area contributed by atoms with Gasteiger partial charge in [0.25, 0.3) is 0 Å². The first kappa shape index (κ1) is 7.81. The van der Waals surface area contributed by atoms with Crippen molar-refractivity contribution in [3.63, 3.8) is 0 Å². The summed E-state index contributed by atoms with van der Waals surface area (Å²) >= 11 is 0. The molecule has 0 saturated carbocycles. The van der Waals surface area contributed by atoms with E-state index in [1.54, 1.807) is 0 Å². The summed E-state index contributed by atoms with van der Waals surface area (Å²) < 4.78 is 5.42. The highest BCUT2D eigenvalue weighted by atomic mass is 16.6. The van der Waals surface area contributed by atoms with E-state index in [1.165, 1.54) is 16.7 Å². The second-order valence-electron chi connectivity index (χ2n) is 3.62. The Morgan fingerprint density at radius 3 is 2.42 bits per heavy atom. The Morgan fingerprint density at radius 1 is 1.25 bits per heavy atom. The highest BCUT2D eigenvalue weighted by Gasteiger charge is 2.36. The molecular weight excluding hydrogens is 148 g/mol. The van der Waals surface area contributed by atoms with Crippen LogP contribution in [-0.4, -0.2) is 6.10 Å². The highest BCUT2D eigenvalue weighted by Crippen LogP contribution is 2.39. The molecule has 0 amide bonds. The monoisotopic (exact) mass is 162 g/mol. The maximum atomic E-state index is 5.42. The normalized spacial score (nSPS) is 27.2. The molecule has 2 rings (SSSR count). The minimum Gasteiger partial charge on any atom is -0.365 e. The lowest BCUT2D eigenvalue weighted by Gasteiger charge is -2.02. The quantitative estimate of drug-likeness (QED) is 0.578. The van der Waals surface area contributed by atoms with Crippen molar-refractivity contribution in [1.29, 1.82) is 0 Å². The van der Waals surface area contributed by atoms with Gasteiger partial charge in [-0.05, 0) is 31.9 Å². The lowest BCUT2D eigenvalue weighted by Crippen LogP contribution is -1.89. The molecule has 0 spiro atoms. The van der Waals surface area contributed by atoms with Crippen LogP contribution in [0.1, 0.15) is 29.7 Å². The van der Waals surface area contributed by atoms with E-state index in [4.69, 9.17) is 4.74 Å². The van der Waals surface area contributed by atoms with Crippen molar-refractivity contribution in [3.8, 4) is 0 Å². The van der Waals surface area contributed by atoms with Gasteiger partial charge in [0.15, 0.2) is 0 Å². The van der Waals surface area contributed by atoms with E-state index in [0.29, 0.717) is 12.2 Å². The number of aryl methyl sites for hydroxylation is 2. The molecule has 64 valence electrons. The zero-order valence-electron chi connectivity index (χ0n) is 7.79. The molecule has 1 aliphatic rings. The van der Waals surface area contributed by atoms with Crippen LogP contribution in [0.4, 0.5) is 0 Å². The summed E-state index contributed by atoms with van der Waals surface area (Å²) in [5.74, 6) is 0. The van der Waals surface area contributed by atoms with E-state index in [2.05, 4.69) is 39.0 Å². The Hall–Kier alpha value is -0.820. The van der Waals surface area contributed by atoms with Crippen molar-refractivity contribution >= 4 is 0 Å². The maximum absolute atomic E-state index is 5.42. The van der Waals surface area contributed by atoms with Gasteiger partial charge in [-0.25, -0.2) is 0 Å². The first-order valence-corrected chi connectivity index (χ1v) is 4.41. The molecule has 0 aliphatic carbocycles. The SMILES string of the molecule is Cc1ccc([C@H]2O[C@H]2C)c(C)c1. The molecule has 0 radical (unpaired) electrons. The maximum Gasteiger partial charge on any atom is 0.109 e. The summed E-state index contributed by atoms with van der Waals surface area (Å²) in [4.78, 5) is 0. The molecule has 2 atom stereocenters. The summed E-state index contributed by atoms with van der Waals surface area (Å²) in [6, 6.07) is 6.54. The first-order chi connectivity index (χ1) is 5.68. The fourth-order valence-electron chi connectivity index (χ4n) is 1.66. The van der Waals surface area contributed by atoms with Crippen molar-refractivity contribution in [3.05, 3.63) is 34.9 Å². The molecule has 1 heterocycles. The average molecular weight is 162 g/mol. The standard InChI is InChI=1S/C11H14O/c1-7-4-5-10(8(2)6-7)11-9(3)12-11/h4-6,9,11H,1-3H3/t9-,11-/m0/s1. The molecule has 12 heavy (non-hydrogen) atoms. The van der Waals surface area contributed by atoms with Crippen molar-refractivity contribution < 1.29 is 4.74 Å². The molecule has 1 aromatic carbocycles. The zero-order valence-corrected chi connectivity index (χ0v) is 7.79. The van der Waals surface area contributed by atoms with Gasteiger partial charge in [0.1, 0.15) is 6.10 Å². The van der Waals surface area contributed by atoms with Gasteiger partial charge in [-0.3, -0.25) is 0 Å². The average Bonchev–Trinajstić information content (AvgIpc) is 2.66. The van der Waals surface area contributed by atoms with Gasteiger partial charge >= 0.3 is 0 Å². The molecule has 0 N–H and O–H groups in total. The van der Waals surface area contributed by atoms with Gasteiger partial charge in [-0.1, -0.05) is 23.8 Å². The lowest BCUT2D eigenvalue weighted by molar-refractivity contribution is 0.382. The number of epoxide rings is 1. The summed E-state index contributed by atoms with van der Waals surface area (Å²) in [6.07, 6.45) is 0.789. The Balaban J connectivity index is 2.33. The fourth-order valence-corrected chi connectivity index (χ4v) is 1.66. The van der Waals surface area contributed by atoms with Gasteiger partial charge in [-0.15, -0.1) is 0 Å². The van der Waals surface area contributed by atoms with Gasteiger partial charge in [0, 0.05) is 0 Å². The number of hydrogen-bond donors (Lipinski definition) is 0. The van der Waals surface area contributed by atoms with Crippen LogP contribution in [0.5, 0.6) is 0 Å². The van der Waals surface area contributed by atoms with E-state index < -0.39 is 0 Å². The second-order valence-corrected chi connectivity index (χ2v) is 3.62. The Kier molecular flexibility index (Phi) is 1.69. The minimum atomic E-state index is 0.366. The summed E-state index contributed by atoms with van der Waals surface area (Å²) in [5, 5.41) is 0. The van der Waals surface area contributed by atoms with E-state index in [1.807, 2.05) is 0 Å². The van der Waals surface area contributed by atoms with Crippen LogP contribution in [0.2, 0.25) is 0 Å². The molecule has 0 bridgehead atoms. The largest absolute Gasteiger partial charge is 0.365 e. The number of ether oxygens (including phenoxy) is 1. The van der Waals surface area contributed by atoms with E-state index in [0.717, 1.165) is 0 Å². The number of rotatable bonds is 1. The van der Waals surface area contributed by atoms with Crippen molar-refractivity contribution in [2.45, 2.75) is 33.0 Å². The van der Waals surface area contributed by atoms with Gasteiger partial charge < -0.3 is 4.74 Å². The van der Waals surface area contributed by atoms with Crippen molar-refractivity contribution in [2.75, 3.05) is 0 Å². The molecule has 1 aliphatic heterocycles. The van der Waals surface area contributed by atoms with Crippen molar-refractivity contribution in [1.82, 2.24) is 0 Å².